The zero-order valence-corrected chi connectivity index (χ0v) is 10.9. The van der Waals surface area contributed by atoms with Crippen LogP contribution in [0.4, 0.5) is 0 Å². The van der Waals surface area contributed by atoms with E-state index in [-0.39, 0.29) is 24.6 Å². The molecule has 2 atom stereocenters. The van der Waals surface area contributed by atoms with Crippen LogP contribution >= 0.6 is 0 Å². The van der Waals surface area contributed by atoms with Gasteiger partial charge in [0.2, 0.25) is 5.91 Å². The van der Waals surface area contributed by atoms with Gasteiger partial charge in [-0.05, 0) is 32.1 Å². The van der Waals surface area contributed by atoms with Crippen molar-refractivity contribution in [1.29, 1.82) is 0 Å². The molecule has 1 amide bonds. The first-order chi connectivity index (χ1) is 7.51. The molecule has 2 unspecified atom stereocenters. The second-order valence-corrected chi connectivity index (χ2v) is 4.73. The van der Waals surface area contributed by atoms with Crippen LogP contribution in [0.2, 0.25) is 0 Å². The number of carbonyl (C=O) groups is 1. The highest BCUT2D eigenvalue weighted by Gasteiger charge is 2.19. The van der Waals surface area contributed by atoms with Gasteiger partial charge in [-0.3, -0.25) is 4.79 Å². The number of rotatable bonds is 8. The van der Waals surface area contributed by atoms with Crippen molar-refractivity contribution in [3.05, 3.63) is 0 Å². The monoisotopic (exact) mass is 230 g/mol. The second kappa shape index (κ2) is 8.53. The fourth-order valence-corrected chi connectivity index (χ4v) is 1.72. The Labute approximate surface area is 98.8 Å². The molecule has 0 aliphatic rings. The molecule has 96 valence electrons. The van der Waals surface area contributed by atoms with Crippen LogP contribution in [0.15, 0.2) is 0 Å². The minimum atomic E-state index is -0.126. The first-order valence-electron chi connectivity index (χ1n) is 6.09. The van der Waals surface area contributed by atoms with Crippen molar-refractivity contribution in [2.24, 2.45) is 5.92 Å². The number of likely N-dealkylation sites (N-methyl/N-ethyl adjacent to an activating group) is 1. The normalized spacial score (nSPS) is 14.9. The van der Waals surface area contributed by atoms with Gasteiger partial charge in [-0.25, -0.2) is 0 Å². The standard InChI is InChI=1S/C12H26N2O2/c1-9(2)8-11(12(16)13-4)14-10(3)6-5-7-15/h9-11,14-15H,5-8H2,1-4H3,(H,13,16). The van der Waals surface area contributed by atoms with Crippen LogP contribution in [0.25, 0.3) is 0 Å². The van der Waals surface area contributed by atoms with Gasteiger partial charge in [-0.2, -0.15) is 0 Å². The van der Waals surface area contributed by atoms with Gasteiger partial charge in [0.25, 0.3) is 0 Å². The van der Waals surface area contributed by atoms with Gasteiger partial charge in [0.05, 0.1) is 6.04 Å². The lowest BCUT2D eigenvalue weighted by atomic mass is 10.0. The Kier molecular flexibility index (Phi) is 8.21. The van der Waals surface area contributed by atoms with Crippen molar-refractivity contribution in [1.82, 2.24) is 10.6 Å². The van der Waals surface area contributed by atoms with Crippen LogP contribution < -0.4 is 10.6 Å². The SMILES string of the molecule is CNC(=O)C(CC(C)C)NC(C)CCCO. The zero-order valence-electron chi connectivity index (χ0n) is 10.9. The topological polar surface area (TPSA) is 61.4 Å². The number of aliphatic hydroxyl groups is 1. The highest BCUT2D eigenvalue weighted by atomic mass is 16.2. The smallest absolute Gasteiger partial charge is 0.236 e. The van der Waals surface area contributed by atoms with E-state index in [1.807, 2.05) is 6.92 Å². The van der Waals surface area contributed by atoms with Crippen LogP contribution in [0.3, 0.4) is 0 Å². The number of nitrogens with one attached hydrogen (secondary N) is 2. The molecular formula is C12H26N2O2. The molecule has 0 aliphatic carbocycles. The zero-order chi connectivity index (χ0) is 12.6. The summed E-state index contributed by atoms with van der Waals surface area (Å²) < 4.78 is 0. The molecule has 0 aromatic carbocycles. The molecule has 0 bridgehead atoms. The van der Waals surface area contributed by atoms with Gasteiger partial charge >= 0.3 is 0 Å². The van der Waals surface area contributed by atoms with E-state index in [0.717, 1.165) is 19.3 Å². The minimum absolute atomic E-state index is 0.0459. The molecule has 0 aliphatic heterocycles. The highest BCUT2D eigenvalue weighted by molar-refractivity contribution is 5.81. The lowest BCUT2D eigenvalue weighted by Gasteiger charge is -2.23. The number of aliphatic hydroxyl groups excluding tert-OH is 1. The van der Waals surface area contributed by atoms with Gasteiger partial charge < -0.3 is 15.7 Å². The average molecular weight is 230 g/mol. The van der Waals surface area contributed by atoms with Gasteiger partial charge in [0, 0.05) is 19.7 Å². The van der Waals surface area contributed by atoms with Gasteiger partial charge in [0.1, 0.15) is 0 Å². The molecule has 0 rings (SSSR count). The summed E-state index contributed by atoms with van der Waals surface area (Å²) in [6, 6.07) is 0.131. The van der Waals surface area contributed by atoms with E-state index >= 15 is 0 Å². The van der Waals surface area contributed by atoms with Crippen molar-refractivity contribution in [3.63, 3.8) is 0 Å². The Morgan fingerprint density at radius 3 is 2.38 bits per heavy atom. The number of hydrogen-bond donors (Lipinski definition) is 3. The summed E-state index contributed by atoms with van der Waals surface area (Å²) in [5.74, 6) is 0.532. The quantitative estimate of drug-likeness (QED) is 0.580. The van der Waals surface area contributed by atoms with Crippen LogP contribution in [-0.4, -0.2) is 36.8 Å². The molecule has 4 heteroatoms. The first kappa shape index (κ1) is 15.4. The van der Waals surface area contributed by atoms with Crippen LogP contribution in [-0.2, 0) is 4.79 Å². The number of amides is 1. The Hall–Kier alpha value is -0.610. The second-order valence-electron chi connectivity index (χ2n) is 4.73. The van der Waals surface area contributed by atoms with E-state index in [4.69, 9.17) is 5.11 Å². The van der Waals surface area contributed by atoms with E-state index in [1.165, 1.54) is 0 Å². The van der Waals surface area contributed by atoms with E-state index in [9.17, 15) is 4.79 Å². The van der Waals surface area contributed by atoms with E-state index in [0.29, 0.717) is 5.92 Å². The molecule has 0 aromatic heterocycles. The summed E-state index contributed by atoms with van der Waals surface area (Å²) in [7, 11) is 1.66. The third-order valence-corrected chi connectivity index (χ3v) is 2.55. The van der Waals surface area contributed by atoms with Crippen molar-refractivity contribution < 1.29 is 9.90 Å². The van der Waals surface area contributed by atoms with Crippen LogP contribution in [0, 0.1) is 5.92 Å². The molecule has 16 heavy (non-hydrogen) atoms. The fraction of sp³-hybridized carbons (Fsp3) is 0.917. The Bertz CT molecular complexity index is 195. The third-order valence-electron chi connectivity index (χ3n) is 2.55. The molecule has 0 saturated carbocycles. The molecule has 0 heterocycles. The van der Waals surface area contributed by atoms with Gasteiger partial charge in [-0.15, -0.1) is 0 Å². The van der Waals surface area contributed by atoms with Crippen molar-refractivity contribution in [2.75, 3.05) is 13.7 Å². The summed E-state index contributed by atoms with van der Waals surface area (Å²) in [5.41, 5.74) is 0. The molecule has 3 N–H and O–H groups in total. The predicted molar refractivity (Wildman–Crippen MR) is 66.2 cm³/mol. The summed E-state index contributed by atoms with van der Waals surface area (Å²) in [6.07, 6.45) is 2.50. The van der Waals surface area contributed by atoms with E-state index in [1.54, 1.807) is 7.05 Å². The maximum Gasteiger partial charge on any atom is 0.236 e. The lowest BCUT2D eigenvalue weighted by Crippen LogP contribution is -2.47. The Balaban J connectivity index is 4.14. The summed E-state index contributed by atoms with van der Waals surface area (Å²) >= 11 is 0. The van der Waals surface area contributed by atoms with Gasteiger partial charge in [-0.1, -0.05) is 13.8 Å². The number of carbonyl (C=O) groups excluding carboxylic acids is 1. The highest BCUT2D eigenvalue weighted by Crippen LogP contribution is 2.07. The molecule has 0 radical (unpaired) electrons. The third kappa shape index (κ3) is 6.80. The van der Waals surface area contributed by atoms with E-state index in [2.05, 4.69) is 24.5 Å². The molecule has 0 fully saturated rings. The predicted octanol–water partition coefficient (Wildman–Crippen LogP) is 0.898. The summed E-state index contributed by atoms with van der Waals surface area (Å²) in [6.45, 7) is 6.47. The molecule has 0 aromatic rings. The molecule has 4 nitrogen and oxygen atoms in total. The minimum Gasteiger partial charge on any atom is -0.396 e. The van der Waals surface area contributed by atoms with Gasteiger partial charge in [0.15, 0.2) is 0 Å². The molecule has 0 saturated heterocycles. The van der Waals surface area contributed by atoms with Crippen LogP contribution in [0.1, 0.15) is 40.0 Å². The molecule has 0 spiro atoms. The lowest BCUT2D eigenvalue weighted by molar-refractivity contribution is -0.123. The van der Waals surface area contributed by atoms with Crippen molar-refractivity contribution >= 4 is 5.91 Å². The first-order valence-corrected chi connectivity index (χ1v) is 6.09. The van der Waals surface area contributed by atoms with Crippen molar-refractivity contribution in [2.45, 2.75) is 52.1 Å². The average Bonchev–Trinajstić information content (AvgIpc) is 2.23. The largest absolute Gasteiger partial charge is 0.396 e. The Morgan fingerprint density at radius 2 is 1.94 bits per heavy atom. The fourth-order valence-electron chi connectivity index (χ4n) is 1.72. The maximum absolute atomic E-state index is 11.6. The Morgan fingerprint density at radius 1 is 1.31 bits per heavy atom. The van der Waals surface area contributed by atoms with Crippen molar-refractivity contribution in [3.8, 4) is 0 Å². The summed E-state index contributed by atoms with van der Waals surface area (Å²) in [4.78, 5) is 11.6. The van der Waals surface area contributed by atoms with Crippen LogP contribution in [0.5, 0.6) is 0 Å². The van der Waals surface area contributed by atoms with E-state index < -0.39 is 0 Å². The summed E-state index contributed by atoms with van der Waals surface area (Å²) in [5, 5.41) is 14.7. The molecular weight excluding hydrogens is 204 g/mol. The maximum atomic E-state index is 11.6. The number of hydrogen-bond acceptors (Lipinski definition) is 3.